The molecule has 1 amide bonds. The largest absolute Gasteiger partial charge is 0.384 e. The average molecular weight is 172 g/mol. The summed E-state index contributed by atoms with van der Waals surface area (Å²) in [5, 5.41) is 5.98. The molecule has 1 saturated heterocycles. The summed E-state index contributed by atoms with van der Waals surface area (Å²) < 4.78 is 4.99. The summed E-state index contributed by atoms with van der Waals surface area (Å²) in [6.45, 7) is 4.21. The number of nitrogens with one attached hydrogen (secondary N) is 2. The highest BCUT2D eigenvalue weighted by atomic mass is 16.5. The van der Waals surface area contributed by atoms with Gasteiger partial charge in [0, 0.05) is 26.1 Å². The summed E-state index contributed by atoms with van der Waals surface area (Å²) in [5.74, 6) is 0.320. The van der Waals surface area contributed by atoms with E-state index in [9.17, 15) is 4.79 Å². The topological polar surface area (TPSA) is 50.4 Å². The Labute approximate surface area is 72.7 Å². The predicted molar refractivity (Wildman–Crippen MR) is 45.8 cm³/mol. The second-order valence-electron chi connectivity index (χ2n) is 3.16. The lowest BCUT2D eigenvalue weighted by atomic mass is 10.0. The number of carbonyl (C=O) groups is 1. The number of rotatable bonds is 3. The monoisotopic (exact) mass is 172 g/mol. The highest BCUT2D eigenvalue weighted by molar-refractivity contribution is 5.82. The average Bonchev–Trinajstić information content (AvgIpc) is 2.05. The maximum Gasteiger partial charge on any atom is 0.237 e. The first-order chi connectivity index (χ1) is 5.75. The number of hydrogen-bond acceptors (Lipinski definition) is 3. The molecule has 1 aliphatic rings. The Morgan fingerprint density at radius 2 is 2.42 bits per heavy atom. The summed E-state index contributed by atoms with van der Waals surface area (Å²) in [4.78, 5) is 11.3. The Hall–Kier alpha value is -0.610. The van der Waals surface area contributed by atoms with Gasteiger partial charge in [0.25, 0.3) is 0 Å². The third kappa shape index (κ3) is 2.19. The van der Waals surface area contributed by atoms with E-state index < -0.39 is 0 Å². The highest BCUT2D eigenvalue weighted by Crippen LogP contribution is 2.05. The summed E-state index contributed by atoms with van der Waals surface area (Å²) in [5.41, 5.74) is 0. The zero-order valence-electron chi connectivity index (χ0n) is 7.59. The van der Waals surface area contributed by atoms with Crippen LogP contribution in [0.5, 0.6) is 0 Å². The van der Waals surface area contributed by atoms with Crippen LogP contribution in [0.3, 0.4) is 0 Å². The van der Waals surface area contributed by atoms with E-state index in [1.54, 1.807) is 7.11 Å². The fourth-order valence-corrected chi connectivity index (χ4v) is 1.43. The molecule has 0 aromatic heterocycles. The Bertz CT molecular complexity index is 161. The first kappa shape index (κ1) is 9.48. The van der Waals surface area contributed by atoms with Gasteiger partial charge in [-0.2, -0.15) is 0 Å². The zero-order chi connectivity index (χ0) is 8.97. The van der Waals surface area contributed by atoms with Crippen LogP contribution in [0.15, 0.2) is 0 Å². The Morgan fingerprint density at radius 3 is 3.00 bits per heavy atom. The van der Waals surface area contributed by atoms with E-state index >= 15 is 0 Å². The van der Waals surface area contributed by atoms with Gasteiger partial charge in [-0.25, -0.2) is 0 Å². The van der Waals surface area contributed by atoms with Crippen molar-refractivity contribution in [3.63, 3.8) is 0 Å². The van der Waals surface area contributed by atoms with Gasteiger partial charge in [-0.05, 0) is 0 Å². The third-order valence-electron chi connectivity index (χ3n) is 2.07. The maximum atomic E-state index is 11.3. The first-order valence-electron chi connectivity index (χ1n) is 4.25. The fourth-order valence-electron chi connectivity index (χ4n) is 1.43. The van der Waals surface area contributed by atoms with Gasteiger partial charge in [-0.1, -0.05) is 6.92 Å². The van der Waals surface area contributed by atoms with Gasteiger partial charge in [-0.3, -0.25) is 4.79 Å². The van der Waals surface area contributed by atoms with E-state index in [4.69, 9.17) is 4.74 Å². The molecular weight excluding hydrogens is 156 g/mol. The molecule has 0 aliphatic carbocycles. The minimum atomic E-state index is -0.0845. The highest BCUT2D eigenvalue weighted by Gasteiger charge is 2.26. The van der Waals surface area contributed by atoms with Crippen molar-refractivity contribution in [1.82, 2.24) is 10.6 Å². The van der Waals surface area contributed by atoms with Gasteiger partial charge < -0.3 is 15.4 Å². The van der Waals surface area contributed by atoms with Crippen molar-refractivity contribution in [3.8, 4) is 0 Å². The van der Waals surface area contributed by atoms with E-state index in [0.717, 1.165) is 13.1 Å². The Balaban J connectivity index is 2.42. The molecule has 1 fully saturated rings. The van der Waals surface area contributed by atoms with Crippen LogP contribution in [0.4, 0.5) is 0 Å². The van der Waals surface area contributed by atoms with E-state index in [1.807, 2.05) is 6.92 Å². The lowest BCUT2D eigenvalue weighted by molar-refractivity contribution is -0.126. The lowest BCUT2D eigenvalue weighted by Crippen LogP contribution is -2.56. The second-order valence-corrected chi connectivity index (χ2v) is 3.16. The van der Waals surface area contributed by atoms with E-state index in [1.165, 1.54) is 0 Å². The van der Waals surface area contributed by atoms with Crippen LogP contribution in [0, 0.1) is 5.92 Å². The minimum Gasteiger partial charge on any atom is -0.384 e. The number of hydrogen-bond donors (Lipinski definition) is 2. The van der Waals surface area contributed by atoms with Gasteiger partial charge in [-0.15, -0.1) is 0 Å². The standard InChI is InChI=1S/C8H16N2O2/c1-6(5-12-2)7-8(11)10-4-3-9-7/h6-7,9H,3-5H2,1-2H3,(H,10,11). The fraction of sp³-hybridized carbons (Fsp3) is 0.875. The summed E-state index contributed by atoms with van der Waals surface area (Å²) in [7, 11) is 1.65. The molecule has 0 bridgehead atoms. The molecule has 0 aromatic carbocycles. The molecule has 2 unspecified atom stereocenters. The Morgan fingerprint density at radius 1 is 1.67 bits per heavy atom. The maximum absolute atomic E-state index is 11.3. The van der Waals surface area contributed by atoms with Crippen LogP contribution in [0.2, 0.25) is 0 Å². The lowest BCUT2D eigenvalue weighted by Gasteiger charge is -2.27. The van der Waals surface area contributed by atoms with Crippen LogP contribution < -0.4 is 10.6 Å². The van der Waals surface area contributed by atoms with E-state index in [-0.39, 0.29) is 17.9 Å². The molecule has 0 aromatic rings. The number of piperazine rings is 1. The van der Waals surface area contributed by atoms with Crippen molar-refractivity contribution in [2.45, 2.75) is 13.0 Å². The second kappa shape index (κ2) is 4.42. The van der Waals surface area contributed by atoms with Crippen LogP contribution in [0.25, 0.3) is 0 Å². The summed E-state index contributed by atoms with van der Waals surface area (Å²) in [6.07, 6.45) is 0. The molecule has 12 heavy (non-hydrogen) atoms. The molecule has 1 heterocycles. The SMILES string of the molecule is COCC(C)C1NCCNC1=O. The van der Waals surface area contributed by atoms with E-state index in [2.05, 4.69) is 10.6 Å². The number of amides is 1. The third-order valence-corrected chi connectivity index (χ3v) is 2.07. The van der Waals surface area contributed by atoms with Crippen molar-refractivity contribution in [3.05, 3.63) is 0 Å². The molecule has 2 N–H and O–H groups in total. The van der Waals surface area contributed by atoms with Crippen molar-refractivity contribution >= 4 is 5.91 Å². The van der Waals surface area contributed by atoms with Crippen molar-refractivity contribution in [2.75, 3.05) is 26.8 Å². The van der Waals surface area contributed by atoms with Crippen molar-refractivity contribution in [1.29, 1.82) is 0 Å². The zero-order valence-corrected chi connectivity index (χ0v) is 7.59. The van der Waals surface area contributed by atoms with Crippen molar-refractivity contribution < 1.29 is 9.53 Å². The minimum absolute atomic E-state index is 0.0845. The Kier molecular flexibility index (Phi) is 3.49. The number of methoxy groups -OCH3 is 1. The molecule has 4 nitrogen and oxygen atoms in total. The van der Waals surface area contributed by atoms with Crippen LogP contribution in [-0.2, 0) is 9.53 Å². The van der Waals surface area contributed by atoms with Gasteiger partial charge >= 0.3 is 0 Å². The summed E-state index contributed by atoms with van der Waals surface area (Å²) in [6, 6.07) is -0.0845. The molecule has 0 saturated carbocycles. The van der Waals surface area contributed by atoms with Crippen LogP contribution in [0.1, 0.15) is 6.92 Å². The first-order valence-corrected chi connectivity index (χ1v) is 4.25. The predicted octanol–water partition coefficient (Wildman–Crippen LogP) is -0.643. The molecule has 1 aliphatic heterocycles. The van der Waals surface area contributed by atoms with Gasteiger partial charge in [0.2, 0.25) is 5.91 Å². The normalized spacial score (nSPS) is 26.5. The quantitative estimate of drug-likeness (QED) is 0.595. The number of ether oxygens (including phenoxy) is 1. The molecule has 0 spiro atoms. The van der Waals surface area contributed by atoms with Crippen LogP contribution >= 0.6 is 0 Å². The van der Waals surface area contributed by atoms with Crippen LogP contribution in [-0.4, -0.2) is 38.8 Å². The van der Waals surface area contributed by atoms with Crippen molar-refractivity contribution in [2.24, 2.45) is 5.92 Å². The molecule has 4 heteroatoms. The van der Waals surface area contributed by atoms with Gasteiger partial charge in [0.15, 0.2) is 0 Å². The molecule has 0 radical (unpaired) electrons. The van der Waals surface area contributed by atoms with Gasteiger partial charge in [0.05, 0.1) is 12.6 Å². The summed E-state index contributed by atoms with van der Waals surface area (Å²) >= 11 is 0. The molecule has 70 valence electrons. The smallest absolute Gasteiger partial charge is 0.237 e. The number of carbonyl (C=O) groups excluding carboxylic acids is 1. The van der Waals surface area contributed by atoms with Gasteiger partial charge in [0.1, 0.15) is 0 Å². The van der Waals surface area contributed by atoms with E-state index in [0.29, 0.717) is 6.61 Å². The molecule has 1 rings (SSSR count). The molecule has 2 atom stereocenters. The molecular formula is C8H16N2O2.